The Bertz CT molecular complexity index is 2180. The summed E-state index contributed by atoms with van der Waals surface area (Å²) in [5, 5.41) is 9.90. The lowest BCUT2D eigenvalue weighted by Crippen LogP contribution is -1.97. The van der Waals surface area contributed by atoms with Gasteiger partial charge in [0.15, 0.2) is 0 Å². The van der Waals surface area contributed by atoms with E-state index in [0.717, 1.165) is 33.5 Å². The number of nitrogens with zero attached hydrogens (tertiary/aromatic N) is 2. The summed E-state index contributed by atoms with van der Waals surface area (Å²) in [6, 6.07) is 47.2. The van der Waals surface area contributed by atoms with E-state index in [-0.39, 0.29) is 0 Å². The fourth-order valence-corrected chi connectivity index (χ4v) is 5.88. The summed E-state index contributed by atoms with van der Waals surface area (Å²) >= 11 is 0. The molecule has 0 spiro atoms. The van der Waals surface area contributed by atoms with Crippen LogP contribution in [0.15, 0.2) is 133 Å². The molecule has 0 saturated carbocycles. The van der Waals surface area contributed by atoms with Gasteiger partial charge in [-0.3, -0.25) is 0 Å². The molecule has 0 bridgehead atoms. The summed E-state index contributed by atoms with van der Waals surface area (Å²) in [5.74, 6) is 0. The van der Waals surface area contributed by atoms with Crippen LogP contribution in [0.5, 0.6) is 0 Å². The Kier molecular flexibility index (Phi) is 4.55. The molecule has 176 valence electrons. The Morgan fingerprint density at radius 1 is 0.368 bits per heavy atom. The molecule has 0 unspecified atom stereocenters. The third-order valence-electron chi connectivity index (χ3n) is 7.60. The number of hydrogen-bond donors (Lipinski definition) is 0. The van der Waals surface area contributed by atoms with Gasteiger partial charge in [-0.25, -0.2) is 9.97 Å². The van der Waals surface area contributed by atoms with Gasteiger partial charge in [-0.15, -0.1) is 0 Å². The Labute approximate surface area is 219 Å². The third kappa shape index (κ3) is 3.14. The van der Waals surface area contributed by atoms with Crippen LogP contribution < -0.4 is 0 Å². The number of benzene rings is 7. The Morgan fingerprint density at radius 3 is 1.66 bits per heavy atom. The third-order valence-corrected chi connectivity index (χ3v) is 7.60. The number of para-hydroxylation sites is 2. The summed E-state index contributed by atoms with van der Waals surface area (Å²) in [5.41, 5.74) is 5.78. The first-order valence-electron chi connectivity index (χ1n) is 12.9. The predicted molar refractivity (Wildman–Crippen MR) is 160 cm³/mol. The van der Waals surface area contributed by atoms with Crippen molar-refractivity contribution in [2.24, 2.45) is 0 Å². The van der Waals surface area contributed by atoms with Gasteiger partial charge in [0.25, 0.3) is 0 Å². The molecule has 1 heterocycles. The molecule has 0 fully saturated rings. The van der Waals surface area contributed by atoms with Crippen molar-refractivity contribution in [3.8, 4) is 22.5 Å². The summed E-state index contributed by atoms with van der Waals surface area (Å²) in [4.78, 5) is 10.5. The molecule has 0 aliphatic rings. The van der Waals surface area contributed by atoms with Gasteiger partial charge in [-0.05, 0) is 61.3 Å². The highest BCUT2D eigenvalue weighted by atomic mass is 14.8. The van der Waals surface area contributed by atoms with Crippen LogP contribution in [-0.4, -0.2) is 9.97 Å². The van der Waals surface area contributed by atoms with E-state index in [1.165, 1.54) is 43.1 Å². The van der Waals surface area contributed by atoms with E-state index in [2.05, 4.69) is 109 Å². The second kappa shape index (κ2) is 8.22. The maximum absolute atomic E-state index is 5.29. The normalized spacial score (nSPS) is 11.7. The minimum Gasteiger partial charge on any atom is -0.244 e. The van der Waals surface area contributed by atoms with Crippen molar-refractivity contribution in [3.63, 3.8) is 0 Å². The molecule has 2 heteroatoms. The largest absolute Gasteiger partial charge is 0.244 e. The van der Waals surface area contributed by atoms with E-state index in [9.17, 15) is 0 Å². The van der Waals surface area contributed by atoms with Crippen LogP contribution in [-0.2, 0) is 0 Å². The quantitative estimate of drug-likeness (QED) is 0.229. The summed E-state index contributed by atoms with van der Waals surface area (Å²) in [7, 11) is 0. The minimum atomic E-state index is 0.897. The van der Waals surface area contributed by atoms with E-state index in [4.69, 9.17) is 9.97 Å². The lowest BCUT2D eigenvalue weighted by molar-refractivity contribution is 1.30. The van der Waals surface area contributed by atoms with Gasteiger partial charge >= 0.3 is 0 Å². The fraction of sp³-hybridized carbons (Fsp3) is 0. The zero-order valence-electron chi connectivity index (χ0n) is 20.6. The maximum Gasteiger partial charge on any atom is 0.0979 e. The van der Waals surface area contributed by atoms with Gasteiger partial charge in [0, 0.05) is 11.1 Å². The molecule has 0 aliphatic carbocycles. The predicted octanol–water partition coefficient (Wildman–Crippen LogP) is 9.58. The SMILES string of the molecule is c1ccc(-c2nc3ccccc3nc2-c2cc3ccc4ccccc4c3c3ccc4ccccc4c23)cc1. The zero-order valence-corrected chi connectivity index (χ0v) is 20.6. The lowest BCUT2D eigenvalue weighted by Gasteiger charge is -2.17. The van der Waals surface area contributed by atoms with E-state index < -0.39 is 0 Å². The molecule has 0 saturated heterocycles. The Morgan fingerprint density at radius 2 is 0.921 bits per heavy atom. The molecule has 0 amide bonds. The van der Waals surface area contributed by atoms with Gasteiger partial charge in [0.2, 0.25) is 0 Å². The van der Waals surface area contributed by atoms with E-state index >= 15 is 0 Å². The molecule has 8 aromatic rings. The van der Waals surface area contributed by atoms with Crippen molar-refractivity contribution in [2.75, 3.05) is 0 Å². The Hall–Kier alpha value is -5.08. The highest BCUT2D eigenvalue weighted by Gasteiger charge is 2.19. The summed E-state index contributed by atoms with van der Waals surface area (Å²) in [6.45, 7) is 0. The number of hydrogen-bond acceptors (Lipinski definition) is 2. The molecule has 7 aromatic carbocycles. The average Bonchev–Trinajstić information content (AvgIpc) is 3.00. The van der Waals surface area contributed by atoms with Crippen LogP contribution in [0, 0.1) is 0 Å². The number of aromatic nitrogens is 2. The molecule has 0 atom stereocenters. The van der Waals surface area contributed by atoms with E-state index in [1.807, 2.05) is 24.3 Å². The summed E-state index contributed by atoms with van der Waals surface area (Å²) in [6.07, 6.45) is 0. The fourth-order valence-electron chi connectivity index (χ4n) is 5.88. The Balaban J connectivity index is 1.61. The monoisotopic (exact) mass is 482 g/mol. The van der Waals surface area contributed by atoms with Crippen LogP contribution in [0.1, 0.15) is 0 Å². The van der Waals surface area contributed by atoms with Crippen molar-refractivity contribution in [3.05, 3.63) is 133 Å². The summed E-state index contributed by atoms with van der Waals surface area (Å²) < 4.78 is 0. The van der Waals surface area contributed by atoms with Crippen molar-refractivity contribution in [1.82, 2.24) is 9.97 Å². The first-order valence-corrected chi connectivity index (χ1v) is 12.9. The lowest BCUT2D eigenvalue weighted by atomic mass is 9.88. The molecule has 0 radical (unpaired) electrons. The molecule has 1 aromatic heterocycles. The van der Waals surface area contributed by atoms with Crippen molar-refractivity contribution < 1.29 is 0 Å². The van der Waals surface area contributed by atoms with Gasteiger partial charge in [0.05, 0.1) is 22.4 Å². The van der Waals surface area contributed by atoms with Gasteiger partial charge < -0.3 is 0 Å². The highest BCUT2D eigenvalue weighted by molar-refractivity contribution is 6.28. The standard InChI is InChI=1S/C36H22N2/c1-2-12-25(13-3-1)35-36(38-32-17-9-8-16-31(32)37-35)30-22-26-19-18-23-10-4-6-14-27(23)33(26)29-21-20-24-11-5-7-15-28(24)34(29)30/h1-22H. The van der Waals surface area contributed by atoms with E-state index in [1.54, 1.807) is 0 Å². The van der Waals surface area contributed by atoms with Crippen LogP contribution >= 0.6 is 0 Å². The van der Waals surface area contributed by atoms with E-state index in [0.29, 0.717) is 0 Å². The van der Waals surface area contributed by atoms with Gasteiger partial charge in [-0.2, -0.15) is 0 Å². The minimum absolute atomic E-state index is 0.897. The van der Waals surface area contributed by atoms with Crippen LogP contribution in [0.4, 0.5) is 0 Å². The zero-order chi connectivity index (χ0) is 25.1. The van der Waals surface area contributed by atoms with Crippen LogP contribution in [0.3, 0.4) is 0 Å². The maximum atomic E-state index is 5.29. The molecular weight excluding hydrogens is 460 g/mol. The van der Waals surface area contributed by atoms with Crippen molar-refractivity contribution in [1.29, 1.82) is 0 Å². The number of fused-ring (bicyclic) bond motifs is 8. The molecule has 38 heavy (non-hydrogen) atoms. The number of rotatable bonds is 2. The average molecular weight is 483 g/mol. The van der Waals surface area contributed by atoms with Crippen molar-refractivity contribution >= 4 is 54.1 Å². The van der Waals surface area contributed by atoms with Crippen molar-refractivity contribution in [2.45, 2.75) is 0 Å². The second-order valence-electron chi connectivity index (χ2n) is 9.79. The molecule has 2 nitrogen and oxygen atoms in total. The van der Waals surface area contributed by atoms with Crippen LogP contribution in [0.2, 0.25) is 0 Å². The first-order chi connectivity index (χ1) is 18.8. The van der Waals surface area contributed by atoms with Crippen LogP contribution in [0.25, 0.3) is 76.6 Å². The smallest absolute Gasteiger partial charge is 0.0979 e. The van der Waals surface area contributed by atoms with Gasteiger partial charge in [-0.1, -0.05) is 115 Å². The molecule has 0 aliphatic heterocycles. The highest BCUT2D eigenvalue weighted by Crippen LogP contribution is 2.43. The van der Waals surface area contributed by atoms with Gasteiger partial charge in [0.1, 0.15) is 0 Å². The molecule has 8 rings (SSSR count). The molecule has 0 N–H and O–H groups in total. The second-order valence-corrected chi connectivity index (χ2v) is 9.79. The first kappa shape index (κ1) is 21.0. The molecular formula is C36H22N2. The topological polar surface area (TPSA) is 25.8 Å².